The van der Waals surface area contributed by atoms with Crippen LogP contribution in [0.15, 0.2) is 53.7 Å². The quantitative estimate of drug-likeness (QED) is 0.604. The van der Waals surface area contributed by atoms with Gasteiger partial charge in [0.25, 0.3) is 0 Å². The van der Waals surface area contributed by atoms with E-state index < -0.39 is 10.0 Å². The summed E-state index contributed by atoms with van der Waals surface area (Å²) >= 11 is 0. The highest BCUT2D eigenvalue weighted by Gasteiger charge is 2.28. The van der Waals surface area contributed by atoms with Crippen LogP contribution in [-0.4, -0.2) is 53.2 Å². The van der Waals surface area contributed by atoms with Crippen LogP contribution >= 0.6 is 0 Å². The first-order chi connectivity index (χ1) is 14.4. The Kier molecular flexibility index (Phi) is 5.95. The van der Waals surface area contributed by atoms with Crippen molar-refractivity contribution in [2.24, 2.45) is 0 Å². The topological polar surface area (TPSA) is 57.9 Å². The number of aromatic nitrogens is 2. The Labute approximate surface area is 179 Å². The van der Waals surface area contributed by atoms with Crippen LogP contribution < -0.4 is 0 Å². The van der Waals surface area contributed by atoms with Crippen molar-refractivity contribution in [1.82, 2.24) is 18.6 Å². The highest BCUT2D eigenvalue weighted by molar-refractivity contribution is 7.89. The van der Waals surface area contributed by atoms with Crippen molar-refractivity contribution in [2.75, 3.05) is 26.2 Å². The molecule has 1 aliphatic heterocycles. The van der Waals surface area contributed by atoms with Crippen LogP contribution in [-0.2, 0) is 16.6 Å². The summed E-state index contributed by atoms with van der Waals surface area (Å²) in [5.74, 6) is 0.439. The van der Waals surface area contributed by atoms with E-state index in [9.17, 15) is 8.42 Å². The molecular weight excluding hydrogens is 396 g/mol. The van der Waals surface area contributed by atoms with E-state index in [0.29, 0.717) is 37.0 Å². The van der Waals surface area contributed by atoms with Crippen molar-refractivity contribution in [3.63, 3.8) is 0 Å². The van der Waals surface area contributed by atoms with Crippen molar-refractivity contribution >= 4 is 15.7 Å². The number of hydrogen-bond acceptors (Lipinski definition) is 4. The largest absolute Gasteiger partial charge is 0.307 e. The van der Waals surface area contributed by atoms with E-state index in [1.54, 1.807) is 16.4 Å². The van der Waals surface area contributed by atoms with Crippen molar-refractivity contribution in [3.8, 4) is 0 Å². The molecule has 0 radical (unpaired) electrons. The van der Waals surface area contributed by atoms with Crippen LogP contribution in [0.25, 0.3) is 5.65 Å². The van der Waals surface area contributed by atoms with Crippen molar-refractivity contribution in [3.05, 3.63) is 65.6 Å². The summed E-state index contributed by atoms with van der Waals surface area (Å²) in [4.78, 5) is 7.34. The maximum atomic E-state index is 13.0. The van der Waals surface area contributed by atoms with Crippen molar-refractivity contribution < 1.29 is 8.42 Å². The Hall–Kier alpha value is -2.22. The average molecular weight is 427 g/mol. The number of piperazine rings is 1. The third kappa shape index (κ3) is 4.29. The SMILES string of the molecule is CC[C@@H](C)c1ccc(S(=O)(=O)N2CCN(Cc3cn4cc(C)ccc4n3)CC2)cc1. The molecule has 1 aromatic carbocycles. The van der Waals surface area contributed by atoms with Crippen LogP contribution in [0.4, 0.5) is 0 Å². The van der Waals surface area contributed by atoms with Gasteiger partial charge in [-0.1, -0.05) is 32.0 Å². The minimum atomic E-state index is -3.45. The number of fused-ring (bicyclic) bond motifs is 1. The van der Waals surface area contributed by atoms with E-state index in [1.165, 1.54) is 11.1 Å². The maximum absolute atomic E-state index is 13.0. The highest BCUT2D eigenvalue weighted by Crippen LogP contribution is 2.23. The van der Waals surface area contributed by atoms with Crippen LogP contribution in [0.3, 0.4) is 0 Å². The zero-order chi connectivity index (χ0) is 21.3. The van der Waals surface area contributed by atoms with Gasteiger partial charge < -0.3 is 4.40 Å². The molecule has 0 unspecified atom stereocenters. The van der Waals surface area contributed by atoms with Gasteiger partial charge in [-0.2, -0.15) is 4.31 Å². The normalized spacial score (nSPS) is 17.4. The Morgan fingerprint density at radius 3 is 2.37 bits per heavy atom. The number of rotatable bonds is 6. The van der Waals surface area contributed by atoms with Gasteiger partial charge in [-0.05, 0) is 48.6 Å². The van der Waals surface area contributed by atoms with Gasteiger partial charge in [-0.15, -0.1) is 0 Å². The first-order valence-electron chi connectivity index (χ1n) is 10.6. The number of nitrogens with zero attached hydrogens (tertiary/aromatic N) is 4. The minimum Gasteiger partial charge on any atom is -0.307 e. The van der Waals surface area contributed by atoms with E-state index in [2.05, 4.69) is 53.5 Å². The Bertz CT molecular complexity index is 1110. The molecule has 1 fully saturated rings. The Balaban J connectivity index is 1.39. The third-order valence-electron chi connectivity index (χ3n) is 6.06. The molecule has 6 nitrogen and oxygen atoms in total. The average Bonchev–Trinajstić information content (AvgIpc) is 3.15. The number of benzene rings is 1. The molecule has 0 saturated carbocycles. The summed E-state index contributed by atoms with van der Waals surface area (Å²) in [5.41, 5.74) is 4.33. The smallest absolute Gasteiger partial charge is 0.243 e. The molecule has 1 atom stereocenters. The minimum absolute atomic E-state index is 0.388. The summed E-state index contributed by atoms with van der Waals surface area (Å²) < 4.78 is 29.7. The highest BCUT2D eigenvalue weighted by atomic mass is 32.2. The lowest BCUT2D eigenvalue weighted by Crippen LogP contribution is -2.48. The van der Waals surface area contributed by atoms with E-state index in [1.807, 2.05) is 18.2 Å². The molecule has 1 aliphatic rings. The van der Waals surface area contributed by atoms with E-state index in [-0.39, 0.29) is 0 Å². The lowest BCUT2D eigenvalue weighted by molar-refractivity contribution is 0.180. The number of imidazole rings is 1. The van der Waals surface area contributed by atoms with Crippen molar-refractivity contribution in [2.45, 2.75) is 44.6 Å². The summed E-state index contributed by atoms with van der Waals surface area (Å²) in [5, 5.41) is 0. The first-order valence-corrected chi connectivity index (χ1v) is 12.1. The molecule has 7 heteroatoms. The summed E-state index contributed by atoms with van der Waals surface area (Å²) in [7, 11) is -3.45. The molecule has 3 heterocycles. The van der Waals surface area contributed by atoms with Crippen LogP contribution in [0.1, 0.15) is 43.0 Å². The lowest BCUT2D eigenvalue weighted by Gasteiger charge is -2.33. The summed E-state index contributed by atoms with van der Waals surface area (Å²) in [6.45, 7) is 9.52. The van der Waals surface area contributed by atoms with Gasteiger partial charge in [0.2, 0.25) is 10.0 Å². The molecule has 0 N–H and O–H groups in total. The molecular formula is C23H30N4O2S. The fourth-order valence-electron chi connectivity index (χ4n) is 3.94. The van der Waals surface area contributed by atoms with Gasteiger partial charge in [0, 0.05) is 45.1 Å². The Morgan fingerprint density at radius 1 is 1.00 bits per heavy atom. The molecule has 0 aliphatic carbocycles. The van der Waals surface area contributed by atoms with Gasteiger partial charge in [-0.3, -0.25) is 4.90 Å². The molecule has 0 bridgehead atoms. The lowest BCUT2D eigenvalue weighted by atomic mass is 9.99. The molecule has 30 heavy (non-hydrogen) atoms. The van der Waals surface area contributed by atoms with Gasteiger partial charge >= 0.3 is 0 Å². The third-order valence-corrected chi connectivity index (χ3v) is 7.98. The number of hydrogen-bond donors (Lipinski definition) is 0. The van der Waals surface area contributed by atoms with E-state index >= 15 is 0 Å². The standard InChI is InChI=1S/C23H30N4O2S/c1-4-19(3)20-6-8-22(9-7-20)30(28,29)27-13-11-25(12-14-27)16-21-17-26-15-18(2)5-10-23(26)24-21/h5-10,15,17,19H,4,11-14,16H2,1-3H3/t19-/m1/s1. The Morgan fingerprint density at radius 2 is 1.70 bits per heavy atom. The number of aryl methyl sites for hydroxylation is 1. The molecule has 2 aromatic heterocycles. The van der Waals surface area contributed by atoms with E-state index in [0.717, 1.165) is 24.3 Å². The number of pyridine rings is 1. The molecule has 1 saturated heterocycles. The zero-order valence-corrected chi connectivity index (χ0v) is 18.8. The van der Waals surface area contributed by atoms with Gasteiger partial charge in [-0.25, -0.2) is 13.4 Å². The van der Waals surface area contributed by atoms with Gasteiger partial charge in [0.15, 0.2) is 0 Å². The molecule has 0 spiro atoms. The zero-order valence-electron chi connectivity index (χ0n) is 18.0. The van der Waals surface area contributed by atoms with Crippen LogP contribution in [0.2, 0.25) is 0 Å². The molecule has 0 amide bonds. The second-order valence-electron chi connectivity index (χ2n) is 8.26. The van der Waals surface area contributed by atoms with Crippen LogP contribution in [0.5, 0.6) is 0 Å². The van der Waals surface area contributed by atoms with Crippen LogP contribution in [0, 0.1) is 6.92 Å². The van der Waals surface area contributed by atoms with Gasteiger partial charge in [0.1, 0.15) is 5.65 Å². The monoisotopic (exact) mass is 426 g/mol. The molecule has 4 rings (SSSR count). The van der Waals surface area contributed by atoms with E-state index in [4.69, 9.17) is 0 Å². The fourth-order valence-corrected chi connectivity index (χ4v) is 5.36. The number of sulfonamides is 1. The summed E-state index contributed by atoms with van der Waals surface area (Å²) in [6, 6.07) is 11.5. The van der Waals surface area contributed by atoms with Gasteiger partial charge in [0.05, 0.1) is 10.6 Å². The molecule has 3 aromatic rings. The predicted molar refractivity (Wildman–Crippen MR) is 119 cm³/mol. The summed E-state index contributed by atoms with van der Waals surface area (Å²) in [6.07, 6.45) is 5.17. The fraction of sp³-hybridized carbons (Fsp3) is 0.435. The first kappa shape index (κ1) is 21.0. The second kappa shape index (κ2) is 8.49. The second-order valence-corrected chi connectivity index (χ2v) is 10.2. The maximum Gasteiger partial charge on any atom is 0.243 e. The van der Waals surface area contributed by atoms with Crippen molar-refractivity contribution in [1.29, 1.82) is 0 Å². The predicted octanol–water partition coefficient (Wildman–Crippen LogP) is 3.66. The molecule has 160 valence electrons.